The fourth-order valence-electron chi connectivity index (χ4n) is 1.89. The number of aryl methyl sites for hydroxylation is 1. The van der Waals surface area contributed by atoms with Crippen molar-refractivity contribution in [1.29, 1.82) is 0 Å². The molecule has 0 unspecified atom stereocenters. The predicted molar refractivity (Wildman–Crippen MR) is 76.4 cm³/mol. The first-order valence-electron chi connectivity index (χ1n) is 5.99. The molecule has 2 aromatic rings. The minimum Gasteiger partial charge on any atom is -0.478 e. The molecule has 0 atom stereocenters. The summed E-state index contributed by atoms with van der Waals surface area (Å²) in [6.07, 6.45) is 0. The molecule has 5 nitrogen and oxygen atoms in total. The molecule has 2 aromatic carbocycles. The number of carboxylic acids is 1. The van der Waals surface area contributed by atoms with Crippen molar-refractivity contribution in [3.05, 3.63) is 59.2 Å². The van der Waals surface area contributed by atoms with Gasteiger partial charge in [0.15, 0.2) is 0 Å². The number of carboxylic acid groups (broad SMARTS) is 1. The van der Waals surface area contributed by atoms with E-state index in [0.717, 1.165) is 0 Å². The molecular formula is C15H14N2O3. The van der Waals surface area contributed by atoms with Crippen LogP contribution in [-0.2, 0) is 0 Å². The number of amides is 1. The largest absolute Gasteiger partial charge is 0.478 e. The zero-order valence-corrected chi connectivity index (χ0v) is 10.9. The molecule has 4 N–H and O–H groups in total. The van der Waals surface area contributed by atoms with E-state index in [-0.39, 0.29) is 5.56 Å². The van der Waals surface area contributed by atoms with Crippen LogP contribution < -0.4 is 11.1 Å². The first-order valence-corrected chi connectivity index (χ1v) is 5.99. The number of carbonyl (C=O) groups excluding carboxylic acids is 1. The molecule has 1 amide bonds. The molecule has 5 heteroatoms. The van der Waals surface area contributed by atoms with E-state index >= 15 is 0 Å². The number of hydrogen-bond acceptors (Lipinski definition) is 3. The molecule has 0 aliphatic heterocycles. The van der Waals surface area contributed by atoms with Crippen LogP contribution in [0.4, 0.5) is 11.4 Å². The Balaban J connectivity index is 2.38. The van der Waals surface area contributed by atoms with Gasteiger partial charge in [-0.3, -0.25) is 4.79 Å². The summed E-state index contributed by atoms with van der Waals surface area (Å²) >= 11 is 0. The maximum absolute atomic E-state index is 11.3. The lowest BCUT2D eigenvalue weighted by Gasteiger charge is -2.11. The zero-order chi connectivity index (χ0) is 14.7. The molecular weight excluding hydrogens is 256 g/mol. The van der Waals surface area contributed by atoms with Gasteiger partial charge in [-0.2, -0.15) is 0 Å². The molecule has 0 saturated heterocycles. The standard InChI is InChI=1S/C15H14N2O3/c1-9-6-7-10(8-12(9)15(19)20)17-13-5-3-2-4-11(13)14(16)18/h2-8,17H,1H3,(H2,16,18)(H,19,20). The van der Waals surface area contributed by atoms with Gasteiger partial charge in [0.25, 0.3) is 5.91 Å². The average molecular weight is 270 g/mol. The monoisotopic (exact) mass is 270 g/mol. The van der Waals surface area contributed by atoms with Crippen LogP contribution in [0.15, 0.2) is 42.5 Å². The van der Waals surface area contributed by atoms with Gasteiger partial charge in [0.2, 0.25) is 0 Å². The summed E-state index contributed by atoms with van der Waals surface area (Å²) in [6, 6.07) is 11.8. The normalized spacial score (nSPS) is 10.1. The Bertz CT molecular complexity index is 681. The van der Waals surface area contributed by atoms with Crippen LogP contribution in [-0.4, -0.2) is 17.0 Å². The van der Waals surface area contributed by atoms with Gasteiger partial charge in [0.05, 0.1) is 16.8 Å². The molecule has 0 bridgehead atoms. The van der Waals surface area contributed by atoms with Crippen LogP contribution in [0.3, 0.4) is 0 Å². The van der Waals surface area contributed by atoms with Crippen molar-refractivity contribution in [2.45, 2.75) is 6.92 Å². The Morgan fingerprint density at radius 1 is 1.10 bits per heavy atom. The van der Waals surface area contributed by atoms with Crippen LogP contribution in [0.25, 0.3) is 0 Å². The van der Waals surface area contributed by atoms with Gasteiger partial charge in [0.1, 0.15) is 0 Å². The van der Waals surface area contributed by atoms with E-state index in [1.165, 1.54) is 6.07 Å². The summed E-state index contributed by atoms with van der Waals surface area (Å²) in [5, 5.41) is 12.1. The van der Waals surface area contributed by atoms with Crippen LogP contribution in [0.5, 0.6) is 0 Å². The van der Waals surface area contributed by atoms with Crippen molar-refractivity contribution in [3.8, 4) is 0 Å². The number of anilines is 2. The van der Waals surface area contributed by atoms with Gasteiger partial charge in [-0.15, -0.1) is 0 Å². The Morgan fingerprint density at radius 3 is 2.45 bits per heavy atom. The molecule has 2 rings (SSSR count). The highest BCUT2D eigenvalue weighted by Gasteiger charge is 2.10. The number of aromatic carboxylic acids is 1. The van der Waals surface area contributed by atoms with Crippen LogP contribution in [0.2, 0.25) is 0 Å². The quantitative estimate of drug-likeness (QED) is 0.796. The van der Waals surface area contributed by atoms with E-state index in [1.807, 2.05) is 0 Å². The van der Waals surface area contributed by atoms with Gasteiger partial charge >= 0.3 is 5.97 Å². The lowest BCUT2D eigenvalue weighted by Crippen LogP contribution is -2.13. The van der Waals surface area contributed by atoms with E-state index in [0.29, 0.717) is 22.5 Å². The Hall–Kier alpha value is -2.82. The highest BCUT2D eigenvalue weighted by Crippen LogP contribution is 2.22. The zero-order valence-electron chi connectivity index (χ0n) is 10.9. The van der Waals surface area contributed by atoms with Crippen molar-refractivity contribution < 1.29 is 14.7 Å². The summed E-state index contributed by atoms with van der Waals surface area (Å²) in [6.45, 7) is 1.73. The number of nitrogens with one attached hydrogen (secondary N) is 1. The van der Waals surface area contributed by atoms with E-state index in [2.05, 4.69) is 5.32 Å². The highest BCUT2D eigenvalue weighted by atomic mass is 16.4. The van der Waals surface area contributed by atoms with Crippen LogP contribution in [0, 0.1) is 6.92 Å². The molecule has 0 saturated carbocycles. The molecule has 0 heterocycles. The Morgan fingerprint density at radius 2 is 1.80 bits per heavy atom. The summed E-state index contributed by atoms with van der Waals surface area (Å²) in [5.41, 5.74) is 7.66. The Kier molecular flexibility index (Phi) is 3.70. The topological polar surface area (TPSA) is 92.4 Å². The number of para-hydroxylation sites is 1. The maximum atomic E-state index is 11.3. The Labute approximate surface area is 116 Å². The lowest BCUT2D eigenvalue weighted by atomic mass is 10.1. The third kappa shape index (κ3) is 2.77. The van der Waals surface area contributed by atoms with Crippen molar-refractivity contribution in [3.63, 3.8) is 0 Å². The first kappa shape index (κ1) is 13.6. The molecule has 0 fully saturated rings. The minimum atomic E-state index is -0.991. The molecule has 0 aliphatic rings. The third-order valence-electron chi connectivity index (χ3n) is 2.94. The van der Waals surface area contributed by atoms with E-state index in [9.17, 15) is 9.59 Å². The molecule has 0 radical (unpaired) electrons. The van der Waals surface area contributed by atoms with E-state index in [4.69, 9.17) is 10.8 Å². The van der Waals surface area contributed by atoms with Gasteiger partial charge < -0.3 is 16.2 Å². The maximum Gasteiger partial charge on any atom is 0.336 e. The smallest absolute Gasteiger partial charge is 0.336 e. The predicted octanol–water partition coefficient (Wildman–Crippen LogP) is 2.54. The summed E-state index contributed by atoms with van der Waals surface area (Å²) in [4.78, 5) is 22.4. The van der Waals surface area contributed by atoms with Crippen molar-refractivity contribution in [2.24, 2.45) is 5.73 Å². The summed E-state index contributed by atoms with van der Waals surface area (Å²) in [5.74, 6) is -1.53. The number of hydrogen-bond donors (Lipinski definition) is 3. The number of carbonyl (C=O) groups is 2. The second-order valence-electron chi connectivity index (χ2n) is 4.37. The number of benzene rings is 2. The third-order valence-corrected chi connectivity index (χ3v) is 2.94. The first-order chi connectivity index (χ1) is 9.49. The van der Waals surface area contributed by atoms with Gasteiger partial charge in [-0.1, -0.05) is 18.2 Å². The second kappa shape index (κ2) is 5.44. The summed E-state index contributed by atoms with van der Waals surface area (Å²) in [7, 11) is 0. The highest BCUT2D eigenvalue weighted by molar-refractivity contribution is 5.99. The van der Waals surface area contributed by atoms with Gasteiger partial charge in [-0.05, 0) is 36.8 Å². The van der Waals surface area contributed by atoms with Gasteiger partial charge in [0, 0.05) is 5.69 Å². The number of nitrogens with two attached hydrogens (primary N) is 1. The molecule has 0 aliphatic carbocycles. The second-order valence-corrected chi connectivity index (χ2v) is 4.37. The molecule has 0 spiro atoms. The molecule has 20 heavy (non-hydrogen) atoms. The van der Waals surface area contributed by atoms with Crippen LogP contribution >= 0.6 is 0 Å². The minimum absolute atomic E-state index is 0.214. The van der Waals surface area contributed by atoms with Crippen molar-refractivity contribution in [1.82, 2.24) is 0 Å². The SMILES string of the molecule is Cc1ccc(Nc2ccccc2C(N)=O)cc1C(=O)O. The molecule has 102 valence electrons. The van der Waals surface area contributed by atoms with Gasteiger partial charge in [-0.25, -0.2) is 4.79 Å². The fourth-order valence-corrected chi connectivity index (χ4v) is 1.89. The van der Waals surface area contributed by atoms with E-state index in [1.54, 1.807) is 43.3 Å². The fraction of sp³-hybridized carbons (Fsp3) is 0.0667. The lowest BCUT2D eigenvalue weighted by molar-refractivity contribution is 0.0696. The van der Waals surface area contributed by atoms with Crippen molar-refractivity contribution in [2.75, 3.05) is 5.32 Å². The van der Waals surface area contributed by atoms with Crippen molar-refractivity contribution >= 4 is 23.3 Å². The van der Waals surface area contributed by atoms with Crippen LogP contribution in [0.1, 0.15) is 26.3 Å². The average Bonchev–Trinajstić information content (AvgIpc) is 2.41. The van der Waals surface area contributed by atoms with E-state index < -0.39 is 11.9 Å². The molecule has 0 aromatic heterocycles. The number of primary amides is 1. The number of rotatable bonds is 4. The summed E-state index contributed by atoms with van der Waals surface area (Å²) < 4.78 is 0.